The minimum absolute atomic E-state index is 0.00336. The van der Waals surface area contributed by atoms with Crippen LogP contribution in [0.1, 0.15) is 25.7 Å². The number of aliphatic carboxylic acids is 1. The van der Waals surface area contributed by atoms with Crippen LogP contribution in [0.3, 0.4) is 0 Å². The van der Waals surface area contributed by atoms with E-state index in [4.69, 9.17) is 19.4 Å². The van der Waals surface area contributed by atoms with Crippen LogP contribution in [-0.4, -0.2) is 82.6 Å². The number of aromatic nitrogens is 1. The second-order valence-corrected chi connectivity index (χ2v) is 7.42. The first kappa shape index (κ1) is 23.0. The Balaban J connectivity index is 0.000000339. The predicted molar refractivity (Wildman–Crippen MR) is 98.0 cm³/mol. The maximum Gasteiger partial charge on any atom is 0.490 e. The van der Waals surface area contributed by atoms with Crippen LogP contribution in [0.25, 0.3) is 0 Å². The summed E-state index contributed by atoms with van der Waals surface area (Å²) in [6.07, 6.45) is -0.241. The lowest BCUT2D eigenvalue weighted by atomic mass is 10.0. The van der Waals surface area contributed by atoms with Crippen LogP contribution in [0.2, 0.25) is 0 Å². The van der Waals surface area contributed by atoms with E-state index in [0.717, 1.165) is 38.8 Å². The van der Waals surface area contributed by atoms with E-state index in [1.165, 1.54) is 18.3 Å². The van der Waals surface area contributed by atoms with E-state index >= 15 is 0 Å². The lowest BCUT2D eigenvalue weighted by molar-refractivity contribution is -0.192. The van der Waals surface area contributed by atoms with Gasteiger partial charge in [0.15, 0.2) is 5.82 Å². The molecule has 3 atom stereocenters. The molecule has 3 aliphatic rings. The number of alkyl halides is 3. The molecular weight excluding hydrogens is 426 g/mol. The number of halogens is 4. The molecule has 0 aliphatic carbocycles. The second-order valence-electron chi connectivity index (χ2n) is 7.42. The van der Waals surface area contributed by atoms with Crippen molar-refractivity contribution in [2.75, 3.05) is 26.2 Å². The van der Waals surface area contributed by atoms with Crippen LogP contribution in [0.4, 0.5) is 22.4 Å². The Labute approximate surface area is 175 Å². The number of carboxylic acids is 1. The fraction of sp³-hybridized carbons (Fsp3) is 0.632. The highest BCUT2D eigenvalue weighted by Crippen LogP contribution is 2.33. The molecule has 0 saturated carbocycles. The number of carbonyl (C=O) groups is 2. The van der Waals surface area contributed by atoms with Gasteiger partial charge in [-0.05, 0) is 37.8 Å². The van der Waals surface area contributed by atoms with Gasteiger partial charge in [-0.1, -0.05) is 0 Å². The molecule has 2 amide bonds. The molecule has 31 heavy (non-hydrogen) atoms. The predicted octanol–water partition coefficient (Wildman–Crippen LogP) is 2.68. The zero-order valence-corrected chi connectivity index (χ0v) is 16.6. The summed E-state index contributed by atoms with van der Waals surface area (Å²) in [5.41, 5.74) is 0. The summed E-state index contributed by atoms with van der Waals surface area (Å²) >= 11 is 0. The van der Waals surface area contributed by atoms with Gasteiger partial charge in [-0.25, -0.2) is 19.0 Å². The Morgan fingerprint density at radius 2 is 1.90 bits per heavy atom. The van der Waals surface area contributed by atoms with Gasteiger partial charge < -0.3 is 24.4 Å². The van der Waals surface area contributed by atoms with E-state index in [0.29, 0.717) is 13.2 Å². The van der Waals surface area contributed by atoms with Crippen molar-refractivity contribution in [1.82, 2.24) is 14.8 Å². The Hall–Kier alpha value is -2.63. The molecule has 172 valence electrons. The molecule has 0 radical (unpaired) electrons. The van der Waals surface area contributed by atoms with Gasteiger partial charge in [-0.2, -0.15) is 13.2 Å². The molecule has 0 spiro atoms. The number of likely N-dealkylation sites (tertiary alicyclic amines) is 2. The molecule has 4 rings (SSSR count). The van der Waals surface area contributed by atoms with Crippen molar-refractivity contribution >= 4 is 12.0 Å². The Bertz CT molecular complexity index is 788. The molecule has 0 unspecified atom stereocenters. The standard InChI is InChI=1S/C17H22FN3O3.C2HF3O2/c18-12-5-3-7-19-16(12)24-14-11-21(13-6-4-10-23-15(13)14)17(22)20-8-1-2-9-20;3-2(4,5)1(6)7/h3,5,7,13-15H,1-2,4,6,8-11H2;(H,6,7)/t13-,14-,15+;/m1./s1. The number of nitrogens with zero attached hydrogens (tertiary/aromatic N) is 3. The van der Waals surface area contributed by atoms with Crippen LogP contribution in [0.5, 0.6) is 5.88 Å². The molecule has 0 bridgehead atoms. The van der Waals surface area contributed by atoms with E-state index in [1.807, 2.05) is 9.80 Å². The third-order valence-electron chi connectivity index (χ3n) is 5.33. The van der Waals surface area contributed by atoms with Gasteiger partial charge in [0.2, 0.25) is 0 Å². The Morgan fingerprint density at radius 3 is 2.52 bits per heavy atom. The zero-order valence-electron chi connectivity index (χ0n) is 16.6. The minimum atomic E-state index is -5.08. The van der Waals surface area contributed by atoms with Crippen LogP contribution in [-0.2, 0) is 9.53 Å². The van der Waals surface area contributed by atoms with Gasteiger partial charge in [0.1, 0.15) is 12.2 Å². The number of hydrogen-bond donors (Lipinski definition) is 1. The van der Waals surface area contributed by atoms with E-state index in [1.54, 1.807) is 0 Å². The largest absolute Gasteiger partial charge is 0.490 e. The monoisotopic (exact) mass is 449 g/mol. The summed E-state index contributed by atoms with van der Waals surface area (Å²) in [4.78, 5) is 29.4. The Kier molecular flexibility index (Phi) is 7.19. The highest BCUT2D eigenvalue weighted by atomic mass is 19.4. The smallest absolute Gasteiger partial charge is 0.475 e. The number of amides is 2. The molecule has 0 aromatic carbocycles. The van der Waals surface area contributed by atoms with Gasteiger partial charge in [-0.3, -0.25) is 0 Å². The van der Waals surface area contributed by atoms with E-state index < -0.39 is 18.0 Å². The lowest BCUT2D eigenvalue weighted by Crippen LogP contribution is -2.48. The highest BCUT2D eigenvalue weighted by Gasteiger charge is 2.48. The maximum atomic E-state index is 13.9. The number of urea groups is 1. The molecule has 3 fully saturated rings. The van der Waals surface area contributed by atoms with Gasteiger partial charge in [0.05, 0.1) is 12.6 Å². The van der Waals surface area contributed by atoms with Crippen molar-refractivity contribution in [2.24, 2.45) is 0 Å². The summed E-state index contributed by atoms with van der Waals surface area (Å²) < 4.78 is 57.3. The van der Waals surface area contributed by atoms with Crippen LogP contribution in [0, 0.1) is 5.82 Å². The minimum Gasteiger partial charge on any atom is -0.475 e. The first-order valence-corrected chi connectivity index (χ1v) is 9.93. The normalized spacial score (nSPS) is 25.5. The quantitative estimate of drug-likeness (QED) is 0.698. The van der Waals surface area contributed by atoms with Crippen LogP contribution in [0.15, 0.2) is 18.3 Å². The fourth-order valence-electron chi connectivity index (χ4n) is 3.92. The number of hydrogen-bond acceptors (Lipinski definition) is 5. The Morgan fingerprint density at radius 1 is 1.23 bits per heavy atom. The van der Waals surface area contributed by atoms with Crippen LogP contribution < -0.4 is 4.74 Å². The topological polar surface area (TPSA) is 92.2 Å². The SMILES string of the molecule is O=C(N1CCCC1)N1C[C@@H](Oc2ncccc2F)[C@H]2OCCC[C@H]21.O=C(O)C(F)(F)F. The summed E-state index contributed by atoms with van der Waals surface area (Å²) in [7, 11) is 0. The van der Waals surface area contributed by atoms with Crippen LogP contribution >= 0.6 is 0 Å². The van der Waals surface area contributed by atoms with Crippen molar-refractivity contribution in [3.63, 3.8) is 0 Å². The summed E-state index contributed by atoms with van der Waals surface area (Å²) in [5, 5.41) is 7.12. The van der Waals surface area contributed by atoms with Crippen molar-refractivity contribution in [1.29, 1.82) is 0 Å². The van der Waals surface area contributed by atoms with Gasteiger partial charge in [-0.15, -0.1) is 0 Å². The first-order chi connectivity index (χ1) is 14.7. The van der Waals surface area contributed by atoms with E-state index in [2.05, 4.69) is 4.98 Å². The summed E-state index contributed by atoms with van der Waals surface area (Å²) in [6, 6.07) is 2.91. The van der Waals surface area contributed by atoms with E-state index in [9.17, 15) is 22.4 Å². The first-order valence-electron chi connectivity index (χ1n) is 9.93. The average Bonchev–Trinajstić information content (AvgIpc) is 3.38. The average molecular weight is 449 g/mol. The second kappa shape index (κ2) is 9.67. The van der Waals surface area contributed by atoms with Gasteiger partial charge in [0.25, 0.3) is 5.88 Å². The molecule has 1 aromatic rings. The maximum absolute atomic E-state index is 13.9. The van der Waals surface area contributed by atoms with Crippen molar-refractivity contribution < 1.29 is 41.7 Å². The highest BCUT2D eigenvalue weighted by molar-refractivity contribution is 5.75. The number of carboxylic acid groups (broad SMARTS) is 1. The number of fused-ring (bicyclic) bond motifs is 1. The molecule has 4 heterocycles. The molecule has 8 nitrogen and oxygen atoms in total. The van der Waals surface area contributed by atoms with Crippen molar-refractivity contribution in [2.45, 2.75) is 50.1 Å². The zero-order chi connectivity index (χ0) is 22.6. The molecular formula is C19H23F4N3O5. The summed E-state index contributed by atoms with van der Waals surface area (Å²) in [5.74, 6) is -3.27. The van der Waals surface area contributed by atoms with Gasteiger partial charge in [0, 0.05) is 25.9 Å². The number of pyridine rings is 1. The van der Waals surface area contributed by atoms with Gasteiger partial charge >= 0.3 is 18.2 Å². The third-order valence-corrected chi connectivity index (χ3v) is 5.33. The number of carbonyl (C=O) groups excluding carboxylic acids is 1. The fourth-order valence-corrected chi connectivity index (χ4v) is 3.92. The number of rotatable bonds is 2. The van der Waals surface area contributed by atoms with Crippen molar-refractivity contribution in [3.8, 4) is 5.88 Å². The van der Waals surface area contributed by atoms with Crippen molar-refractivity contribution in [3.05, 3.63) is 24.1 Å². The molecule has 3 aliphatic heterocycles. The number of ether oxygens (including phenoxy) is 2. The molecule has 3 saturated heterocycles. The molecule has 1 N–H and O–H groups in total. The summed E-state index contributed by atoms with van der Waals surface area (Å²) in [6.45, 7) is 2.69. The van der Waals surface area contributed by atoms with E-state index in [-0.39, 0.29) is 30.2 Å². The molecule has 12 heteroatoms. The third kappa shape index (κ3) is 5.54. The lowest BCUT2D eigenvalue weighted by Gasteiger charge is -2.33. The molecule has 1 aromatic heterocycles.